The minimum Gasteiger partial charge on any atom is -0.445 e. The van der Waals surface area contributed by atoms with E-state index in [4.69, 9.17) is 14.0 Å². The number of nitrogens with one attached hydrogen (secondary N) is 2. The van der Waals surface area contributed by atoms with Crippen molar-refractivity contribution in [3.8, 4) is 11.3 Å². The number of rotatable bonds is 7. The number of alkyl carbamates (subject to hydrolysis) is 1. The van der Waals surface area contributed by atoms with E-state index in [0.717, 1.165) is 27.9 Å². The van der Waals surface area contributed by atoms with Gasteiger partial charge < -0.3 is 19.4 Å². The van der Waals surface area contributed by atoms with Crippen LogP contribution in [0.2, 0.25) is 0 Å². The monoisotopic (exact) mass is 459 g/mol. The Balaban J connectivity index is 1.55. The first-order valence-electron chi connectivity index (χ1n) is 11.3. The molecule has 0 atom stereocenters. The fourth-order valence-corrected chi connectivity index (χ4v) is 3.62. The Labute approximate surface area is 200 Å². The molecule has 0 aliphatic carbocycles. The van der Waals surface area contributed by atoms with Crippen molar-refractivity contribution in [1.29, 1.82) is 0 Å². The van der Waals surface area contributed by atoms with Gasteiger partial charge >= 0.3 is 13.2 Å². The molecule has 2 heterocycles. The largest absolute Gasteiger partial charge is 0.492 e. The zero-order valence-electron chi connectivity index (χ0n) is 20.0. The second-order valence-corrected chi connectivity index (χ2v) is 9.28. The maximum Gasteiger partial charge on any atom is 0.492 e. The topological polar surface area (TPSA) is 85.5 Å². The summed E-state index contributed by atoms with van der Waals surface area (Å²) in [5, 5.41) is 9.93. The first-order chi connectivity index (χ1) is 16.2. The van der Waals surface area contributed by atoms with E-state index in [2.05, 4.69) is 15.5 Å². The molecule has 1 aliphatic heterocycles. The highest BCUT2D eigenvalue weighted by Crippen LogP contribution is 2.39. The van der Waals surface area contributed by atoms with Gasteiger partial charge in [0.25, 0.3) is 0 Å². The van der Waals surface area contributed by atoms with Gasteiger partial charge in [0.15, 0.2) is 0 Å². The van der Waals surface area contributed by atoms with Crippen molar-refractivity contribution in [2.45, 2.75) is 45.5 Å². The van der Waals surface area contributed by atoms with Gasteiger partial charge in [0, 0.05) is 18.3 Å². The van der Waals surface area contributed by atoms with Gasteiger partial charge in [-0.2, -0.15) is 5.10 Å². The fourth-order valence-electron chi connectivity index (χ4n) is 3.62. The summed E-state index contributed by atoms with van der Waals surface area (Å²) in [6.45, 7) is 8.43. The van der Waals surface area contributed by atoms with Gasteiger partial charge in [0.2, 0.25) is 0 Å². The molecule has 1 amide bonds. The molecule has 1 fully saturated rings. The number of nitrogens with zero attached hydrogens (tertiary/aromatic N) is 1. The number of carbonyl (C=O) groups is 1. The van der Waals surface area contributed by atoms with Crippen molar-refractivity contribution in [1.82, 2.24) is 15.5 Å². The van der Waals surface area contributed by atoms with Crippen LogP contribution in [0.4, 0.5) is 4.79 Å². The molecule has 2 aromatic carbocycles. The minimum atomic E-state index is -0.616. The van der Waals surface area contributed by atoms with Gasteiger partial charge in [-0.1, -0.05) is 60.7 Å². The van der Waals surface area contributed by atoms with Crippen LogP contribution in [0.3, 0.4) is 0 Å². The Morgan fingerprint density at radius 2 is 1.71 bits per heavy atom. The van der Waals surface area contributed by atoms with E-state index in [-0.39, 0.29) is 13.2 Å². The smallest absolute Gasteiger partial charge is 0.445 e. The van der Waals surface area contributed by atoms with Gasteiger partial charge in [0.1, 0.15) is 6.61 Å². The SMILES string of the molecule is CC1(C)OB(C(=Cc2ccccc2-c2ccn[nH]2)CNC(=O)OCc2ccccc2)OC1(C)C. The molecule has 2 N–H and O–H groups in total. The number of amides is 1. The molecule has 3 aromatic rings. The van der Waals surface area contributed by atoms with Crippen LogP contribution in [0.1, 0.15) is 38.8 Å². The Morgan fingerprint density at radius 1 is 1.03 bits per heavy atom. The fraction of sp³-hybridized carbons (Fsp3) is 0.308. The van der Waals surface area contributed by atoms with Crippen molar-refractivity contribution in [3.63, 3.8) is 0 Å². The molecule has 0 saturated carbocycles. The highest BCUT2D eigenvalue weighted by Gasteiger charge is 2.52. The highest BCUT2D eigenvalue weighted by atomic mass is 16.7. The third-order valence-corrected chi connectivity index (χ3v) is 6.30. The van der Waals surface area contributed by atoms with Crippen LogP contribution in [0.15, 0.2) is 72.3 Å². The third kappa shape index (κ3) is 5.40. The molecule has 0 radical (unpaired) electrons. The number of H-pyrrole nitrogens is 1. The zero-order chi connectivity index (χ0) is 24.2. The van der Waals surface area contributed by atoms with Gasteiger partial charge in [-0.25, -0.2) is 4.79 Å². The van der Waals surface area contributed by atoms with Gasteiger partial charge in [-0.05, 0) is 50.4 Å². The van der Waals surface area contributed by atoms with Crippen LogP contribution in [-0.4, -0.2) is 41.2 Å². The number of aromatic amines is 1. The quantitative estimate of drug-likeness (QED) is 0.485. The van der Waals surface area contributed by atoms with Crippen LogP contribution >= 0.6 is 0 Å². The molecular formula is C26H30BN3O4. The maximum atomic E-state index is 12.4. The van der Waals surface area contributed by atoms with Gasteiger partial charge in [-0.15, -0.1) is 0 Å². The molecule has 0 bridgehead atoms. The molecule has 1 saturated heterocycles. The molecule has 8 heteroatoms. The summed E-state index contributed by atoms with van der Waals surface area (Å²) in [4.78, 5) is 12.4. The predicted octanol–water partition coefficient (Wildman–Crippen LogP) is 5.02. The third-order valence-electron chi connectivity index (χ3n) is 6.30. The van der Waals surface area contributed by atoms with E-state index in [0.29, 0.717) is 0 Å². The van der Waals surface area contributed by atoms with Crippen LogP contribution in [0.25, 0.3) is 17.3 Å². The molecule has 1 aliphatic rings. The lowest BCUT2D eigenvalue weighted by molar-refractivity contribution is 0.00578. The summed E-state index contributed by atoms with van der Waals surface area (Å²) in [7, 11) is -0.616. The van der Waals surface area contributed by atoms with E-state index >= 15 is 0 Å². The molecule has 176 valence electrons. The van der Waals surface area contributed by atoms with Crippen LogP contribution in [-0.2, 0) is 20.7 Å². The van der Waals surface area contributed by atoms with Crippen molar-refractivity contribution in [2.24, 2.45) is 0 Å². The van der Waals surface area contributed by atoms with Crippen molar-refractivity contribution in [2.75, 3.05) is 6.54 Å². The average molecular weight is 459 g/mol. The van der Waals surface area contributed by atoms with Crippen molar-refractivity contribution in [3.05, 3.63) is 83.5 Å². The first kappa shape index (κ1) is 23.8. The van der Waals surface area contributed by atoms with E-state index in [1.165, 1.54) is 0 Å². The predicted molar refractivity (Wildman–Crippen MR) is 133 cm³/mol. The van der Waals surface area contributed by atoms with Crippen molar-refractivity contribution >= 4 is 19.3 Å². The Bertz CT molecular complexity index is 1130. The number of hydrogen-bond donors (Lipinski definition) is 2. The zero-order valence-corrected chi connectivity index (χ0v) is 20.0. The maximum absolute atomic E-state index is 12.4. The molecule has 0 unspecified atom stereocenters. The Hall–Kier alpha value is -3.36. The summed E-state index contributed by atoms with van der Waals surface area (Å²) in [6.07, 6.45) is 3.21. The molecule has 34 heavy (non-hydrogen) atoms. The first-order valence-corrected chi connectivity index (χ1v) is 11.3. The summed E-state index contributed by atoms with van der Waals surface area (Å²) in [6, 6.07) is 19.4. The highest BCUT2D eigenvalue weighted by molar-refractivity contribution is 6.56. The molecule has 4 rings (SSSR count). The lowest BCUT2D eigenvalue weighted by Gasteiger charge is -2.32. The number of benzene rings is 2. The minimum absolute atomic E-state index is 0.199. The van der Waals surface area contributed by atoms with E-state index in [9.17, 15) is 4.79 Å². The Morgan fingerprint density at radius 3 is 2.38 bits per heavy atom. The Kier molecular flexibility index (Phi) is 6.91. The number of hydrogen-bond acceptors (Lipinski definition) is 5. The second-order valence-electron chi connectivity index (χ2n) is 9.28. The number of carbonyl (C=O) groups excluding carboxylic acids is 1. The number of aromatic nitrogens is 2. The molecule has 0 spiro atoms. The summed E-state index contributed by atoms with van der Waals surface area (Å²) in [5.74, 6) is 0. The standard InChI is InChI=1S/C26H30BN3O4/c1-25(2)26(3,4)34-27(33-25)21(17-28-24(31)32-18-19-10-6-5-7-11-19)16-20-12-8-9-13-22(20)23-14-15-29-30-23/h5-16H,17-18H2,1-4H3,(H,28,31)(H,29,30). The molecule has 1 aromatic heterocycles. The molecular weight excluding hydrogens is 429 g/mol. The van der Waals surface area contributed by atoms with E-state index < -0.39 is 24.4 Å². The lowest BCUT2D eigenvalue weighted by atomic mass is 9.76. The van der Waals surface area contributed by atoms with Crippen LogP contribution in [0.5, 0.6) is 0 Å². The van der Waals surface area contributed by atoms with Crippen LogP contribution < -0.4 is 5.32 Å². The summed E-state index contributed by atoms with van der Waals surface area (Å²) < 4.78 is 18.0. The van der Waals surface area contributed by atoms with Gasteiger partial charge in [-0.3, -0.25) is 5.10 Å². The van der Waals surface area contributed by atoms with Crippen molar-refractivity contribution < 1.29 is 18.8 Å². The van der Waals surface area contributed by atoms with Gasteiger partial charge in [0.05, 0.1) is 16.9 Å². The average Bonchev–Trinajstić information content (AvgIpc) is 3.42. The normalized spacial score (nSPS) is 16.9. The van der Waals surface area contributed by atoms with Crippen LogP contribution in [0, 0.1) is 0 Å². The summed E-state index contributed by atoms with van der Waals surface area (Å²) in [5.41, 5.74) is 3.53. The summed E-state index contributed by atoms with van der Waals surface area (Å²) >= 11 is 0. The second kappa shape index (κ2) is 9.87. The lowest BCUT2D eigenvalue weighted by Crippen LogP contribution is -2.41. The van der Waals surface area contributed by atoms with E-state index in [1.807, 2.05) is 94.4 Å². The van der Waals surface area contributed by atoms with E-state index in [1.54, 1.807) is 6.20 Å². The molecule has 7 nitrogen and oxygen atoms in total. The number of ether oxygens (including phenoxy) is 1.